The molecule has 0 spiro atoms. The Balaban J connectivity index is 1.64. The number of ether oxygens (including phenoxy) is 5. The second kappa shape index (κ2) is 5.89. The molecule has 2 aromatic carbocycles. The molecule has 2 aromatic rings. The van der Waals surface area contributed by atoms with Crippen LogP contribution in [0.25, 0.3) is 0 Å². The van der Waals surface area contributed by atoms with E-state index in [0.717, 1.165) is 22.6 Å². The first kappa shape index (κ1) is 14.0. The smallest absolute Gasteiger partial charge is 0.231 e. The van der Waals surface area contributed by atoms with Crippen LogP contribution in [0.15, 0.2) is 30.3 Å². The van der Waals surface area contributed by atoms with Gasteiger partial charge in [-0.15, -0.1) is 0 Å². The van der Waals surface area contributed by atoms with Crippen LogP contribution in [-0.4, -0.2) is 31.9 Å². The van der Waals surface area contributed by atoms with Crippen LogP contribution in [0.2, 0.25) is 0 Å². The minimum Gasteiger partial charge on any atom is -0.491 e. The zero-order chi connectivity index (χ0) is 15.6. The summed E-state index contributed by atoms with van der Waals surface area (Å²) in [7, 11) is 0. The second-order valence-corrected chi connectivity index (χ2v) is 5.25. The van der Waals surface area contributed by atoms with Crippen molar-refractivity contribution in [2.24, 2.45) is 0 Å². The van der Waals surface area contributed by atoms with Crippen LogP contribution >= 0.6 is 0 Å². The monoisotopic (exact) mass is 316 g/mol. The maximum absolute atomic E-state index is 9.00. The van der Waals surface area contributed by atoms with E-state index in [0.29, 0.717) is 23.7 Å². The van der Waals surface area contributed by atoms with Gasteiger partial charge in [0.15, 0.2) is 23.0 Å². The normalized spacial score (nSPS) is 14.1. The van der Waals surface area contributed by atoms with Crippen LogP contribution in [0, 0.1) is 0 Å². The molecule has 0 amide bonds. The van der Waals surface area contributed by atoms with E-state index in [2.05, 4.69) is 0 Å². The Morgan fingerprint density at radius 2 is 1.57 bits per heavy atom. The first-order valence-corrected chi connectivity index (χ1v) is 7.38. The Bertz CT molecular complexity index is 727. The molecule has 23 heavy (non-hydrogen) atoms. The van der Waals surface area contributed by atoms with Gasteiger partial charge in [-0.3, -0.25) is 0 Å². The highest BCUT2D eigenvalue weighted by molar-refractivity contribution is 5.54. The molecule has 2 aliphatic heterocycles. The quantitative estimate of drug-likeness (QED) is 0.911. The third-order valence-corrected chi connectivity index (χ3v) is 3.74. The largest absolute Gasteiger partial charge is 0.491 e. The summed E-state index contributed by atoms with van der Waals surface area (Å²) in [5, 5.41) is 9.00. The average Bonchev–Trinajstić information content (AvgIpc) is 3.20. The van der Waals surface area contributed by atoms with E-state index in [1.807, 2.05) is 24.3 Å². The zero-order valence-electron chi connectivity index (χ0n) is 12.4. The minimum atomic E-state index is -0.0437. The van der Waals surface area contributed by atoms with Crippen LogP contribution in [0.1, 0.15) is 11.1 Å². The van der Waals surface area contributed by atoms with Gasteiger partial charge in [-0.25, -0.2) is 0 Å². The predicted molar refractivity (Wildman–Crippen MR) is 80.5 cm³/mol. The van der Waals surface area contributed by atoms with Gasteiger partial charge in [-0.1, -0.05) is 6.07 Å². The van der Waals surface area contributed by atoms with Gasteiger partial charge in [0.05, 0.1) is 6.61 Å². The Labute approximate surface area is 133 Å². The molecule has 6 heteroatoms. The number of aliphatic hydroxyl groups is 1. The molecule has 1 N–H and O–H groups in total. The molecule has 0 bridgehead atoms. The van der Waals surface area contributed by atoms with Crippen molar-refractivity contribution in [2.75, 3.05) is 26.8 Å². The van der Waals surface area contributed by atoms with Crippen molar-refractivity contribution in [2.45, 2.75) is 6.42 Å². The lowest BCUT2D eigenvalue weighted by atomic mass is 10.0. The molecular weight excluding hydrogens is 300 g/mol. The molecule has 0 aromatic heterocycles. The standard InChI is InChI=1S/C17H16O6/c18-3-4-19-14-8-17-16(22-10-23-17)7-12(14)5-11-1-2-13-15(6-11)21-9-20-13/h1-2,6-8,18H,3-5,9-10H2. The zero-order valence-corrected chi connectivity index (χ0v) is 12.4. The molecule has 2 heterocycles. The molecule has 4 rings (SSSR count). The van der Waals surface area contributed by atoms with Gasteiger partial charge in [-0.05, 0) is 23.8 Å². The molecule has 6 nitrogen and oxygen atoms in total. The number of rotatable bonds is 5. The molecule has 0 atom stereocenters. The fraction of sp³-hybridized carbons (Fsp3) is 0.294. The summed E-state index contributed by atoms with van der Waals surface area (Å²) >= 11 is 0. The maximum atomic E-state index is 9.00. The molecule has 0 radical (unpaired) electrons. The fourth-order valence-electron chi connectivity index (χ4n) is 2.66. The Morgan fingerprint density at radius 1 is 0.870 bits per heavy atom. The number of aliphatic hydroxyl groups excluding tert-OH is 1. The van der Waals surface area contributed by atoms with Crippen molar-refractivity contribution in [1.82, 2.24) is 0 Å². The lowest BCUT2D eigenvalue weighted by Crippen LogP contribution is -2.04. The van der Waals surface area contributed by atoms with Crippen LogP contribution in [0.3, 0.4) is 0 Å². The van der Waals surface area contributed by atoms with Gasteiger partial charge < -0.3 is 28.8 Å². The number of benzene rings is 2. The Kier molecular flexibility index (Phi) is 3.59. The fourth-order valence-corrected chi connectivity index (χ4v) is 2.66. The molecule has 2 aliphatic rings. The molecule has 0 fully saturated rings. The average molecular weight is 316 g/mol. The predicted octanol–water partition coefficient (Wildman–Crippen LogP) is 2.11. The summed E-state index contributed by atoms with van der Waals surface area (Å²) in [6.07, 6.45) is 0.647. The van der Waals surface area contributed by atoms with Gasteiger partial charge in [0.25, 0.3) is 0 Å². The molecule has 0 saturated heterocycles. The third kappa shape index (κ3) is 2.73. The minimum absolute atomic E-state index is 0.0437. The van der Waals surface area contributed by atoms with Crippen LogP contribution in [0.4, 0.5) is 0 Å². The van der Waals surface area contributed by atoms with E-state index in [-0.39, 0.29) is 26.8 Å². The van der Waals surface area contributed by atoms with E-state index in [4.69, 9.17) is 28.8 Å². The highest BCUT2D eigenvalue weighted by Crippen LogP contribution is 2.40. The molecule has 120 valence electrons. The molecule has 0 saturated carbocycles. The summed E-state index contributed by atoms with van der Waals surface area (Å²) in [6.45, 7) is 0.654. The van der Waals surface area contributed by atoms with Crippen molar-refractivity contribution < 1.29 is 28.8 Å². The highest BCUT2D eigenvalue weighted by atomic mass is 16.7. The van der Waals surface area contributed by atoms with Crippen molar-refractivity contribution in [1.29, 1.82) is 0 Å². The van der Waals surface area contributed by atoms with Crippen LogP contribution in [-0.2, 0) is 6.42 Å². The van der Waals surface area contributed by atoms with Crippen molar-refractivity contribution >= 4 is 0 Å². The lowest BCUT2D eigenvalue weighted by molar-refractivity contribution is 0.173. The van der Waals surface area contributed by atoms with E-state index in [1.54, 1.807) is 6.07 Å². The van der Waals surface area contributed by atoms with Crippen molar-refractivity contribution in [3.8, 4) is 28.7 Å². The third-order valence-electron chi connectivity index (χ3n) is 3.74. The summed E-state index contributed by atoms with van der Waals surface area (Å²) in [6, 6.07) is 9.58. The second-order valence-electron chi connectivity index (χ2n) is 5.25. The SMILES string of the molecule is OCCOc1cc2c(cc1Cc1ccc3c(c1)OCO3)OCO2. The van der Waals surface area contributed by atoms with E-state index >= 15 is 0 Å². The van der Waals surface area contributed by atoms with Gasteiger partial charge in [0.1, 0.15) is 12.4 Å². The molecule has 0 unspecified atom stereocenters. The van der Waals surface area contributed by atoms with E-state index < -0.39 is 0 Å². The van der Waals surface area contributed by atoms with Gasteiger partial charge in [0, 0.05) is 18.1 Å². The topological polar surface area (TPSA) is 66.4 Å². The van der Waals surface area contributed by atoms with Crippen molar-refractivity contribution in [3.05, 3.63) is 41.5 Å². The summed E-state index contributed by atoms with van der Waals surface area (Å²) in [5.41, 5.74) is 2.03. The summed E-state index contributed by atoms with van der Waals surface area (Å²) < 4.78 is 27.2. The molecular formula is C17H16O6. The number of hydrogen-bond acceptors (Lipinski definition) is 6. The lowest BCUT2D eigenvalue weighted by Gasteiger charge is -2.12. The Morgan fingerprint density at radius 3 is 2.35 bits per heavy atom. The first-order valence-electron chi connectivity index (χ1n) is 7.38. The summed E-state index contributed by atoms with van der Waals surface area (Å²) in [4.78, 5) is 0. The number of hydrogen-bond donors (Lipinski definition) is 1. The molecule has 0 aliphatic carbocycles. The van der Waals surface area contributed by atoms with E-state index in [1.165, 1.54) is 0 Å². The maximum Gasteiger partial charge on any atom is 0.231 e. The summed E-state index contributed by atoms with van der Waals surface area (Å²) in [5.74, 6) is 3.56. The number of fused-ring (bicyclic) bond motifs is 2. The van der Waals surface area contributed by atoms with Gasteiger partial charge >= 0.3 is 0 Å². The van der Waals surface area contributed by atoms with Gasteiger partial charge in [0.2, 0.25) is 13.6 Å². The van der Waals surface area contributed by atoms with Crippen LogP contribution in [0.5, 0.6) is 28.7 Å². The Hall–Kier alpha value is -2.60. The highest BCUT2D eigenvalue weighted by Gasteiger charge is 2.19. The van der Waals surface area contributed by atoms with Gasteiger partial charge in [-0.2, -0.15) is 0 Å². The van der Waals surface area contributed by atoms with Crippen LogP contribution < -0.4 is 23.7 Å². The van der Waals surface area contributed by atoms with E-state index in [9.17, 15) is 0 Å². The van der Waals surface area contributed by atoms with Crippen molar-refractivity contribution in [3.63, 3.8) is 0 Å². The first-order chi connectivity index (χ1) is 11.3.